The molecule has 0 unspecified atom stereocenters. The quantitative estimate of drug-likeness (QED) is 0.226. The molecular weight excluding hydrogens is 528 g/mol. The molecule has 0 spiro atoms. The highest BCUT2D eigenvalue weighted by atomic mass is 35.5. The van der Waals surface area contributed by atoms with E-state index in [2.05, 4.69) is 10.6 Å². The first-order valence-electron chi connectivity index (χ1n) is 12.4. The Morgan fingerprint density at radius 2 is 1.78 bits per heavy atom. The number of hydrogen-bond acceptors (Lipinski definition) is 6. The minimum absolute atomic E-state index is 0.163. The van der Waals surface area contributed by atoms with Crippen LogP contribution in [0.2, 0.25) is 5.02 Å². The lowest BCUT2D eigenvalue weighted by Crippen LogP contribution is -2.17. The second kappa shape index (κ2) is 13.1. The van der Waals surface area contributed by atoms with E-state index in [-0.39, 0.29) is 30.1 Å². The van der Waals surface area contributed by atoms with Gasteiger partial charge in [-0.3, -0.25) is 9.59 Å². The van der Waals surface area contributed by atoms with Gasteiger partial charge in [-0.25, -0.2) is 4.79 Å². The van der Waals surface area contributed by atoms with Crippen LogP contribution in [0.3, 0.4) is 0 Å². The Hall–Kier alpha value is -2.81. The van der Waals surface area contributed by atoms with Crippen molar-refractivity contribution in [2.75, 3.05) is 23.0 Å². The molecule has 0 fully saturated rings. The number of ether oxygens (including phenoxy) is 1. The van der Waals surface area contributed by atoms with Gasteiger partial charge in [0.2, 0.25) is 5.91 Å². The number of esters is 1. The third kappa shape index (κ3) is 7.37. The van der Waals surface area contributed by atoms with Crippen LogP contribution in [0, 0.1) is 0 Å². The highest BCUT2D eigenvalue weighted by Gasteiger charge is 2.26. The third-order valence-electron chi connectivity index (χ3n) is 5.95. The maximum Gasteiger partial charge on any atom is 0.341 e. The second-order valence-electron chi connectivity index (χ2n) is 8.67. The second-order valence-corrected chi connectivity index (χ2v) is 11.3. The van der Waals surface area contributed by atoms with E-state index in [0.29, 0.717) is 26.8 Å². The van der Waals surface area contributed by atoms with Crippen molar-refractivity contribution in [1.82, 2.24) is 0 Å². The Kier molecular flexibility index (Phi) is 9.66. The molecule has 1 aliphatic carbocycles. The molecule has 9 heteroatoms. The average molecular weight is 557 g/mol. The van der Waals surface area contributed by atoms with Gasteiger partial charge < -0.3 is 15.4 Å². The van der Waals surface area contributed by atoms with Gasteiger partial charge in [0.15, 0.2) is 0 Å². The van der Waals surface area contributed by atoms with Crippen LogP contribution < -0.4 is 10.6 Å². The minimum atomic E-state index is -0.369. The summed E-state index contributed by atoms with van der Waals surface area (Å²) in [5.74, 6) is -0.664. The van der Waals surface area contributed by atoms with Crippen molar-refractivity contribution in [3.05, 3.63) is 75.1 Å². The van der Waals surface area contributed by atoms with E-state index in [4.69, 9.17) is 16.3 Å². The normalized spacial score (nSPS) is 13.1. The first-order valence-corrected chi connectivity index (χ1v) is 14.5. The van der Waals surface area contributed by atoms with E-state index in [1.165, 1.54) is 34.4 Å². The Labute approximate surface area is 230 Å². The number of fused-ring (bicyclic) bond motifs is 1. The van der Waals surface area contributed by atoms with Gasteiger partial charge in [0.1, 0.15) is 5.00 Å². The molecule has 3 aromatic rings. The number of nitrogens with one attached hydrogen (secondary N) is 2. The highest BCUT2D eigenvalue weighted by Crippen LogP contribution is 2.38. The summed E-state index contributed by atoms with van der Waals surface area (Å²) in [5.41, 5.74) is 2.65. The first-order chi connectivity index (χ1) is 17.9. The molecule has 4 rings (SSSR count). The van der Waals surface area contributed by atoms with Crippen LogP contribution in [0.1, 0.15) is 63.8 Å². The number of anilines is 2. The fourth-order valence-electron chi connectivity index (χ4n) is 4.23. The van der Waals surface area contributed by atoms with E-state index in [1.807, 2.05) is 18.2 Å². The van der Waals surface area contributed by atoms with Gasteiger partial charge in [-0.05, 0) is 74.6 Å². The summed E-state index contributed by atoms with van der Waals surface area (Å²) in [7, 11) is 0. The Balaban J connectivity index is 1.41. The Morgan fingerprint density at radius 1 is 1.00 bits per heavy atom. The molecule has 1 aromatic heterocycles. The molecule has 0 saturated carbocycles. The van der Waals surface area contributed by atoms with Crippen LogP contribution in [-0.4, -0.2) is 30.1 Å². The van der Waals surface area contributed by atoms with E-state index >= 15 is 0 Å². The predicted molar refractivity (Wildman–Crippen MR) is 151 cm³/mol. The van der Waals surface area contributed by atoms with Crippen molar-refractivity contribution in [1.29, 1.82) is 0 Å². The molecule has 2 amide bonds. The summed E-state index contributed by atoms with van der Waals surface area (Å²) in [6.45, 7) is 2.07. The summed E-state index contributed by atoms with van der Waals surface area (Å²) in [6, 6.07) is 14.1. The molecular formula is C28H29ClN2O4S2. The monoisotopic (exact) mass is 556 g/mol. The fraction of sp³-hybridized carbons (Fsp3) is 0.321. The van der Waals surface area contributed by atoms with E-state index < -0.39 is 0 Å². The van der Waals surface area contributed by atoms with Crippen LogP contribution in [-0.2, 0) is 22.4 Å². The molecule has 0 radical (unpaired) electrons. The average Bonchev–Trinajstić information content (AvgIpc) is 3.18. The molecule has 0 saturated heterocycles. The molecule has 2 N–H and O–H groups in total. The van der Waals surface area contributed by atoms with Gasteiger partial charge in [0.05, 0.1) is 17.9 Å². The van der Waals surface area contributed by atoms with Crippen molar-refractivity contribution >= 4 is 63.2 Å². The highest BCUT2D eigenvalue weighted by molar-refractivity contribution is 8.00. The zero-order chi connectivity index (χ0) is 26.2. The lowest BCUT2D eigenvalue weighted by atomic mass is 9.96. The number of hydrogen-bond donors (Lipinski definition) is 2. The van der Waals surface area contributed by atoms with Crippen molar-refractivity contribution < 1.29 is 19.1 Å². The zero-order valence-corrected chi connectivity index (χ0v) is 23.0. The molecule has 0 atom stereocenters. The molecule has 0 aliphatic heterocycles. The van der Waals surface area contributed by atoms with E-state index in [9.17, 15) is 14.4 Å². The zero-order valence-electron chi connectivity index (χ0n) is 20.6. The fourth-order valence-corrected chi connectivity index (χ4v) is 6.47. The maximum atomic E-state index is 12.9. The molecule has 1 aliphatic rings. The largest absolute Gasteiger partial charge is 0.462 e. The van der Waals surface area contributed by atoms with Crippen molar-refractivity contribution in [2.45, 2.75) is 50.3 Å². The maximum absolute atomic E-state index is 12.9. The summed E-state index contributed by atoms with van der Waals surface area (Å²) in [6.07, 6.45) is 6.20. The van der Waals surface area contributed by atoms with Gasteiger partial charge in [0.25, 0.3) is 5.91 Å². The van der Waals surface area contributed by atoms with Gasteiger partial charge in [-0.15, -0.1) is 23.1 Å². The number of carbonyl (C=O) groups is 3. The van der Waals surface area contributed by atoms with Crippen molar-refractivity contribution in [3.8, 4) is 0 Å². The SMILES string of the molecule is CCOC(=O)c1c(NC(=O)CSc2cccc(NC(=O)c3cccc(Cl)c3)c2)sc2c1CCCCCC2. The molecule has 37 heavy (non-hydrogen) atoms. The number of amides is 2. The summed E-state index contributed by atoms with van der Waals surface area (Å²) in [4.78, 5) is 40.2. The van der Waals surface area contributed by atoms with Crippen LogP contribution >= 0.6 is 34.7 Å². The number of halogens is 1. The molecule has 0 bridgehead atoms. The standard InChI is InChI=1S/C28H29ClN2O4S2/c1-2-35-28(34)25-22-13-5-3-4-6-14-23(22)37-27(25)31-24(32)17-36-21-12-8-11-20(16-21)30-26(33)18-9-7-10-19(29)15-18/h7-12,15-16H,2-6,13-14,17H2,1H3,(H,30,33)(H,31,32). The van der Waals surface area contributed by atoms with Gasteiger partial charge in [-0.2, -0.15) is 0 Å². The van der Waals surface area contributed by atoms with E-state index in [1.54, 1.807) is 37.3 Å². The van der Waals surface area contributed by atoms with E-state index in [0.717, 1.165) is 42.6 Å². The van der Waals surface area contributed by atoms with Gasteiger partial charge in [-0.1, -0.05) is 36.6 Å². The van der Waals surface area contributed by atoms with Crippen LogP contribution in [0.5, 0.6) is 0 Å². The van der Waals surface area contributed by atoms with Gasteiger partial charge >= 0.3 is 5.97 Å². The summed E-state index contributed by atoms with van der Waals surface area (Å²) < 4.78 is 5.33. The lowest BCUT2D eigenvalue weighted by molar-refractivity contribution is -0.113. The van der Waals surface area contributed by atoms with Crippen LogP contribution in [0.4, 0.5) is 10.7 Å². The number of rotatable bonds is 8. The van der Waals surface area contributed by atoms with Crippen LogP contribution in [0.15, 0.2) is 53.4 Å². The number of thiophene rings is 1. The Bertz CT molecular complexity index is 1290. The molecule has 1 heterocycles. The molecule has 194 valence electrons. The first kappa shape index (κ1) is 27.2. The van der Waals surface area contributed by atoms with Crippen molar-refractivity contribution in [2.24, 2.45) is 0 Å². The van der Waals surface area contributed by atoms with Crippen LogP contribution in [0.25, 0.3) is 0 Å². The Morgan fingerprint density at radius 3 is 2.57 bits per heavy atom. The lowest BCUT2D eigenvalue weighted by Gasteiger charge is -2.11. The summed E-state index contributed by atoms with van der Waals surface area (Å²) >= 11 is 8.84. The van der Waals surface area contributed by atoms with Gasteiger partial charge in [0, 0.05) is 26.0 Å². The molecule has 6 nitrogen and oxygen atoms in total. The summed E-state index contributed by atoms with van der Waals surface area (Å²) in [5, 5.41) is 6.90. The third-order valence-corrected chi connectivity index (χ3v) is 8.39. The number of carbonyl (C=O) groups excluding carboxylic acids is 3. The smallest absolute Gasteiger partial charge is 0.341 e. The van der Waals surface area contributed by atoms with Crippen molar-refractivity contribution in [3.63, 3.8) is 0 Å². The number of benzene rings is 2. The predicted octanol–water partition coefficient (Wildman–Crippen LogP) is 7.22. The topological polar surface area (TPSA) is 84.5 Å². The number of aryl methyl sites for hydroxylation is 1. The minimum Gasteiger partial charge on any atom is -0.462 e. The number of thioether (sulfide) groups is 1. The molecule has 2 aromatic carbocycles.